The van der Waals surface area contributed by atoms with Gasteiger partial charge in [-0.25, -0.2) is 0 Å². The zero-order valence-electron chi connectivity index (χ0n) is 10.6. The minimum absolute atomic E-state index is 0.147. The fourth-order valence-electron chi connectivity index (χ4n) is 1.68. The molecule has 2 aromatic rings. The van der Waals surface area contributed by atoms with Crippen LogP contribution in [0.2, 0.25) is 0 Å². The van der Waals surface area contributed by atoms with Gasteiger partial charge in [0.05, 0.1) is 12.1 Å². The van der Waals surface area contributed by atoms with E-state index in [1.807, 2.05) is 18.2 Å². The highest BCUT2D eigenvalue weighted by Crippen LogP contribution is 2.18. The van der Waals surface area contributed by atoms with Crippen LogP contribution < -0.4 is 5.32 Å². The summed E-state index contributed by atoms with van der Waals surface area (Å²) >= 11 is 0. The van der Waals surface area contributed by atoms with Crippen LogP contribution in [-0.2, 0) is 11.3 Å². The number of fused-ring (bicyclic) bond motifs is 1. The Hall–Kier alpha value is -1.32. The second-order valence-electron chi connectivity index (χ2n) is 4.82. The molecule has 0 fully saturated rings. The van der Waals surface area contributed by atoms with Crippen molar-refractivity contribution in [2.75, 3.05) is 13.7 Å². The van der Waals surface area contributed by atoms with E-state index in [1.165, 1.54) is 0 Å². The molecule has 0 amide bonds. The Kier molecular flexibility index (Phi) is 3.50. The molecule has 2 rings (SSSR count). The lowest BCUT2D eigenvalue weighted by molar-refractivity contribution is 0.0228. The zero-order chi connectivity index (χ0) is 12.3. The fraction of sp³-hybridized carbons (Fsp3) is 0.429. The monoisotopic (exact) mass is 233 g/mol. The lowest BCUT2D eigenvalue weighted by Gasteiger charge is -2.22. The highest BCUT2D eigenvalue weighted by atomic mass is 16.5. The Morgan fingerprint density at radius 1 is 1.29 bits per heavy atom. The Morgan fingerprint density at radius 3 is 2.76 bits per heavy atom. The molecule has 0 unspecified atom stereocenters. The summed E-state index contributed by atoms with van der Waals surface area (Å²) in [6, 6.07) is 10.1. The fourth-order valence-corrected chi connectivity index (χ4v) is 1.68. The van der Waals surface area contributed by atoms with Gasteiger partial charge in [0.2, 0.25) is 0 Å². The molecule has 0 spiro atoms. The van der Waals surface area contributed by atoms with Crippen LogP contribution in [0, 0.1) is 0 Å². The number of para-hydroxylation sites is 1. The molecule has 0 saturated heterocycles. The van der Waals surface area contributed by atoms with Gasteiger partial charge in [-0.15, -0.1) is 0 Å². The molecule has 0 aliphatic carbocycles. The van der Waals surface area contributed by atoms with Crippen LogP contribution in [0.5, 0.6) is 0 Å². The van der Waals surface area contributed by atoms with Gasteiger partial charge in [0.25, 0.3) is 0 Å². The summed E-state index contributed by atoms with van der Waals surface area (Å²) in [6.45, 7) is 5.62. The number of nitrogens with one attached hydrogen (secondary N) is 1. The third-order valence-corrected chi connectivity index (χ3v) is 2.88. The number of benzene rings is 1. The van der Waals surface area contributed by atoms with Crippen LogP contribution in [0.15, 0.2) is 34.7 Å². The molecular formula is C14H19NO2. The van der Waals surface area contributed by atoms with Crippen molar-refractivity contribution in [1.82, 2.24) is 5.32 Å². The lowest BCUT2D eigenvalue weighted by Crippen LogP contribution is -2.36. The van der Waals surface area contributed by atoms with Gasteiger partial charge in [0.1, 0.15) is 11.3 Å². The van der Waals surface area contributed by atoms with E-state index in [-0.39, 0.29) is 5.60 Å². The Bertz CT molecular complexity index is 455. The quantitative estimate of drug-likeness (QED) is 0.862. The van der Waals surface area contributed by atoms with E-state index < -0.39 is 0 Å². The van der Waals surface area contributed by atoms with Crippen molar-refractivity contribution in [2.24, 2.45) is 0 Å². The van der Waals surface area contributed by atoms with Gasteiger partial charge < -0.3 is 14.5 Å². The standard InChI is InChI=1S/C14H19NO2/c1-14(2,16-3)10-15-9-12-8-11-6-4-5-7-13(11)17-12/h4-8,15H,9-10H2,1-3H3. The second kappa shape index (κ2) is 4.90. The first kappa shape index (κ1) is 12.1. The molecule has 92 valence electrons. The molecule has 3 heteroatoms. The van der Waals surface area contributed by atoms with Crippen molar-refractivity contribution in [2.45, 2.75) is 26.0 Å². The van der Waals surface area contributed by atoms with Gasteiger partial charge in [-0.3, -0.25) is 0 Å². The van der Waals surface area contributed by atoms with Crippen molar-refractivity contribution < 1.29 is 9.15 Å². The van der Waals surface area contributed by atoms with Gasteiger partial charge in [0, 0.05) is 19.0 Å². The minimum Gasteiger partial charge on any atom is -0.460 e. The van der Waals surface area contributed by atoms with Crippen LogP contribution in [0.4, 0.5) is 0 Å². The summed E-state index contributed by atoms with van der Waals surface area (Å²) in [7, 11) is 1.73. The molecule has 0 aliphatic heterocycles. The predicted molar refractivity (Wildman–Crippen MR) is 69.0 cm³/mol. The van der Waals surface area contributed by atoms with Crippen LogP contribution in [0.1, 0.15) is 19.6 Å². The summed E-state index contributed by atoms with van der Waals surface area (Å²) < 4.78 is 11.1. The highest BCUT2D eigenvalue weighted by Gasteiger charge is 2.15. The van der Waals surface area contributed by atoms with Crippen molar-refractivity contribution >= 4 is 11.0 Å². The molecule has 0 atom stereocenters. The molecule has 0 aliphatic rings. The average Bonchev–Trinajstić information content (AvgIpc) is 2.71. The molecule has 1 N–H and O–H groups in total. The highest BCUT2D eigenvalue weighted by molar-refractivity contribution is 5.77. The second-order valence-corrected chi connectivity index (χ2v) is 4.82. The van der Waals surface area contributed by atoms with Crippen molar-refractivity contribution in [1.29, 1.82) is 0 Å². The molecule has 3 nitrogen and oxygen atoms in total. The molecular weight excluding hydrogens is 214 g/mol. The van der Waals surface area contributed by atoms with Crippen LogP contribution in [-0.4, -0.2) is 19.3 Å². The van der Waals surface area contributed by atoms with Gasteiger partial charge in [-0.1, -0.05) is 18.2 Å². The van der Waals surface area contributed by atoms with E-state index in [9.17, 15) is 0 Å². The normalized spacial score (nSPS) is 12.2. The molecule has 1 heterocycles. The number of rotatable bonds is 5. The summed E-state index contributed by atoms with van der Waals surface area (Å²) in [5.74, 6) is 0.957. The van der Waals surface area contributed by atoms with Gasteiger partial charge in [0.15, 0.2) is 0 Å². The van der Waals surface area contributed by atoms with E-state index in [0.29, 0.717) is 0 Å². The van der Waals surface area contributed by atoms with Crippen molar-refractivity contribution in [3.8, 4) is 0 Å². The maximum absolute atomic E-state index is 5.71. The first-order chi connectivity index (χ1) is 8.11. The number of furan rings is 1. The third kappa shape index (κ3) is 3.08. The zero-order valence-corrected chi connectivity index (χ0v) is 10.6. The molecule has 0 bridgehead atoms. The van der Waals surface area contributed by atoms with Crippen molar-refractivity contribution in [3.63, 3.8) is 0 Å². The SMILES string of the molecule is COC(C)(C)CNCc1cc2ccccc2o1. The predicted octanol–water partition coefficient (Wildman–Crippen LogP) is 2.95. The van der Waals surface area contributed by atoms with E-state index in [0.717, 1.165) is 29.8 Å². The Labute approximate surface area is 102 Å². The number of methoxy groups -OCH3 is 1. The first-order valence-corrected chi connectivity index (χ1v) is 5.84. The lowest BCUT2D eigenvalue weighted by atomic mass is 10.1. The smallest absolute Gasteiger partial charge is 0.134 e. The van der Waals surface area contributed by atoms with Gasteiger partial charge >= 0.3 is 0 Å². The van der Waals surface area contributed by atoms with E-state index in [4.69, 9.17) is 9.15 Å². The van der Waals surface area contributed by atoms with Crippen LogP contribution in [0.25, 0.3) is 11.0 Å². The summed E-state index contributed by atoms with van der Waals surface area (Å²) in [5, 5.41) is 4.48. The van der Waals surface area contributed by atoms with E-state index >= 15 is 0 Å². The summed E-state index contributed by atoms with van der Waals surface area (Å²) in [4.78, 5) is 0. The van der Waals surface area contributed by atoms with E-state index in [2.05, 4.69) is 31.3 Å². The Balaban J connectivity index is 1.95. The molecule has 1 aromatic carbocycles. The molecule has 17 heavy (non-hydrogen) atoms. The van der Waals surface area contributed by atoms with Crippen LogP contribution >= 0.6 is 0 Å². The van der Waals surface area contributed by atoms with Gasteiger partial charge in [-0.2, -0.15) is 0 Å². The third-order valence-electron chi connectivity index (χ3n) is 2.88. The average molecular weight is 233 g/mol. The van der Waals surface area contributed by atoms with Crippen LogP contribution in [0.3, 0.4) is 0 Å². The largest absolute Gasteiger partial charge is 0.460 e. The number of ether oxygens (including phenoxy) is 1. The van der Waals surface area contributed by atoms with Crippen molar-refractivity contribution in [3.05, 3.63) is 36.1 Å². The first-order valence-electron chi connectivity index (χ1n) is 5.84. The van der Waals surface area contributed by atoms with E-state index in [1.54, 1.807) is 7.11 Å². The molecule has 1 aromatic heterocycles. The molecule has 0 radical (unpaired) electrons. The number of hydrogen-bond donors (Lipinski definition) is 1. The minimum atomic E-state index is -0.147. The topological polar surface area (TPSA) is 34.4 Å². The maximum atomic E-state index is 5.71. The maximum Gasteiger partial charge on any atom is 0.134 e. The van der Waals surface area contributed by atoms with Gasteiger partial charge in [-0.05, 0) is 26.0 Å². The molecule has 0 saturated carbocycles. The number of hydrogen-bond acceptors (Lipinski definition) is 3. The summed E-state index contributed by atoms with van der Waals surface area (Å²) in [5.41, 5.74) is 0.793. The summed E-state index contributed by atoms with van der Waals surface area (Å²) in [6.07, 6.45) is 0. The Morgan fingerprint density at radius 2 is 2.06 bits per heavy atom.